The highest BCUT2D eigenvalue weighted by Crippen LogP contribution is 2.36. The van der Waals surface area contributed by atoms with E-state index in [1.54, 1.807) is 11.0 Å². The first-order valence-corrected chi connectivity index (χ1v) is 9.75. The molecule has 0 spiro atoms. The van der Waals surface area contributed by atoms with Gasteiger partial charge in [-0.2, -0.15) is 13.2 Å². The third-order valence-electron chi connectivity index (χ3n) is 4.51. The van der Waals surface area contributed by atoms with Gasteiger partial charge in [-0.25, -0.2) is 4.39 Å². The molecule has 1 aliphatic rings. The topological polar surface area (TPSA) is 40.6 Å². The number of thioether (sulfide) groups is 1. The Labute approximate surface area is 169 Å². The molecular formula is C20H18F4N2O2S. The highest BCUT2D eigenvalue weighted by Gasteiger charge is 2.29. The van der Waals surface area contributed by atoms with Crippen molar-refractivity contribution in [3.05, 3.63) is 65.5 Å². The van der Waals surface area contributed by atoms with Crippen molar-refractivity contribution in [2.75, 3.05) is 26.2 Å². The van der Waals surface area contributed by atoms with Crippen molar-refractivity contribution >= 4 is 23.6 Å². The van der Waals surface area contributed by atoms with Gasteiger partial charge in [-0.3, -0.25) is 9.59 Å². The largest absolute Gasteiger partial charge is 0.446 e. The van der Waals surface area contributed by atoms with Crippen molar-refractivity contribution in [3.63, 3.8) is 0 Å². The summed E-state index contributed by atoms with van der Waals surface area (Å²) < 4.78 is 51.1. The fourth-order valence-electron chi connectivity index (χ4n) is 3.11. The molecule has 1 aliphatic heterocycles. The van der Waals surface area contributed by atoms with Crippen molar-refractivity contribution < 1.29 is 27.2 Å². The van der Waals surface area contributed by atoms with E-state index in [1.807, 2.05) is 0 Å². The summed E-state index contributed by atoms with van der Waals surface area (Å²) in [6.07, 6.45) is 0.522. The van der Waals surface area contributed by atoms with Gasteiger partial charge in [0, 0.05) is 36.6 Å². The molecule has 0 atom stereocenters. The van der Waals surface area contributed by atoms with Gasteiger partial charge in [-0.05, 0) is 54.6 Å². The number of carbonyl (C=O) groups excluding carboxylic acids is 2. The number of benzene rings is 2. The molecule has 0 aromatic heterocycles. The van der Waals surface area contributed by atoms with E-state index in [1.165, 1.54) is 47.4 Å². The van der Waals surface area contributed by atoms with Crippen molar-refractivity contribution in [1.82, 2.24) is 9.80 Å². The van der Waals surface area contributed by atoms with Crippen LogP contribution in [0.25, 0.3) is 0 Å². The van der Waals surface area contributed by atoms with Crippen LogP contribution in [-0.2, 0) is 0 Å². The quantitative estimate of drug-likeness (QED) is 0.539. The zero-order valence-corrected chi connectivity index (χ0v) is 16.1. The first-order chi connectivity index (χ1) is 13.7. The molecule has 0 saturated carbocycles. The minimum absolute atomic E-state index is 0.00609. The van der Waals surface area contributed by atoms with Crippen LogP contribution in [0.4, 0.5) is 17.6 Å². The van der Waals surface area contributed by atoms with Gasteiger partial charge in [0.25, 0.3) is 11.8 Å². The zero-order chi connectivity index (χ0) is 21.0. The van der Waals surface area contributed by atoms with Crippen LogP contribution in [0.3, 0.4) is 0 Å². The summed E-state index contributed by atoms with van der Waals surface area (Å²) in [5, 5.41) is 0. The second-order valence-corrected chi connectivity index (χ2v) is 7.63. The Morgan fingerprint density at radius 3 is 2.00 bits per heavy atom. The molecule has 0 bridgehead atoms. The summed E-state index contributed by atoms with van der Waals surface area (Å²) in [5.41, 5.74) is -4.11. The van der Waals surface area contributed by atoms with Gasteiger partial charge >= 0.3 is 5.51 Å². The smallest absolute Gasteiger partial charge is 0.337 e. The van der Waals surface area contributed by atoms with E-state index in [0.717, 1.165) is 0 Å². The van der Waals surface area contributed by atoms with Crippen LogP contribution in [0.1, 0.15) is 27.1 Å². The molecule has 1 fully saturated rings. The summed E-state index contributed by atoms with van der Waals surface area (Å²) in [6.45, 7) is 1.30. The lowest BCUT2D eigenvalue weighted by molar-refractivity contribution is -0.0328. The lowest BCUT2D eigenvalue weighted by Gasteiger charge is -2.22. The van der Waals surface area contributed by atoms with Crippen LogP contribution >= 0.6 is 11.8 Å². The lowest BCUT2D eigenvalue weighted by atomic mass is 10.2. The van der Waals surface area contributed by atoms with Gasteiger partial charge < -0.3 is 9.80 Å². The summed E-state index contributed by atoms with van der Waals surface area (Å²) in [6, 6.07) is 11.0. The van der Waals surface area contributed by atoms with Crippen molar-refractivity contribution in [2.24, 2.45) is 0 Å². The van der Waals surface area contributed by atoms with Crippen LogP contribution < -0.4 is 0 Å². The summed E-state index contributed by atoms with van der Waals surface area (Å²) in [4.78, 5) is 28.3. The van der Waals surface area contributed by atoms with E-state index in [0.29, 0.717) is 19.5 Å². The maximum absolute atomic E-state index is 13.9. The van der Waals surface area contributed by atoms with Gasteiger partial charge in [-0.1, -0.05) is 12.1 Å². The molecule has 0 unspecified atom stereocenters. The molecular weight excluding hydrogens is 408 g/mol. The molecule has 2 aromatic carbocycles. The molecule has 0 aliphatic carbocycles. The molecule has 0 N–H and O–H groups in total. The normalized spacial score (nSPS) is 15.2. The van der Waals surface area contributed by atoms with Crippen LogP contribution in [0, 0.1) is 5.82 Å². The van der Waals surface area contributed by atoms with Crippen LogP contribution in [0.2, 0.25) is 0 Å². The summed E-state index contributed by atoms with van der Waals surface area (Å²) in [7, 11) is 0. The van der Waals surface area contributed by atoms with Gasteiger partial charge in [0.2, 0.25) is 0 Å². The molecule has 1 heterocycles. The first kappa shape index (κ1) is 21.2. The SMILES string of the molecule is O=C(c1ccc(SC(F)(F)F)cc1)N1CCCN(C(=O)c2ccccc2F)CC1. The van der Waals surface area contributed by atoms with E-state index in [2.05, 4.69) is 0 Å². The number of nitrogens with zero attached hydrogens (tertiary/aromatic N) is 2. The molecule has 154 valence electrons. The number of alkyl halides is 3. The fourth-order valence-corrected chi connectivity index (χ4v) is 3.65. The standard InChI is InChI=1S/C20H18F4N2O2S/c21-17-5-2-1-4-16(17)19(28)26-11-3-10-25(12-13-26)18(27)14-6-8-15(9-7-14)29-20(22,23)24/h1-2,4-9H,3,10-13H2. The predicted octanol–water partition coefficient (Wildman–Crippen LogP) is 4.43. The van der Waals surface area contributed by atoms with Gasteiger partial charge in [0.05, 0.1) is 5.56 Å². The number of hydrogen-bond acceptors (Lipinski definition) is 3. The maximum Gasteiger partial charge on any atom is 0.446 e. The molecule has 29 heavy (non-hydrogen) atoms. The van der Waals surface area contributed by atoms with Crippen LogP contribution in [0.15, 0.2) is 53.4 Å². The number of carbonyl (C=O) groups is 2. The number of hydrogen-bond donors (Lipinski definition) is 0. The van der Waals surface area contributed by atoms with E-state index < -0.39 is 17.2 Å². The van der Waals surface area contributed by atoms with E-state index in [9.17, 15) is 27.2 Å². The van der Waals surface area contributed by atoms with Gasteiger partial charge in [0.15, 0.2) is 0 Å². The molecule has 3 rings (SSSR count). The Balaban J connectivity index is 1.64. The first-order valence-electron chi connectivity index (χ1n) is 8.93. The Kier molecular flexibility index (Phi) is 6.46. The Bertz CT molecular complexity index is 887. The minimum Gasteiger partial charge on any atom is -0.337 e. The van der Waals surface area contributed by atoms with Gasteiger partial charge in [0.1, 0.15) is 5.82 Å². The minimum atomic E-state index is -4.38. The van der Waals surface area contributed by atoms with Crippen molar-refractivity contribution in [1.29, 1.82) is 0 Å². The summed E-state index contributed by atoms with van der Waals surface area (Å²) in [5.74, 6) is -1.33. The highest BCUT2D eigenvalue weighted by molar-refractivity contribution is 8.00. The fraction of sp³-hybridized carbons (Fsp3) is 0.300. The second-order valence-electron chi connectivity index (χ2n) is 6.49. The third kappa shape index (κ3) is 5.50. The van der Waals surface area contributed by atoms with Crippen LogP contribution in [-0.4, -0.2) is 53.3 Å². The highest BCUT2D eigenvalue weighted by atomic mass is 32.2. The van der Waals surface area contributed by atoms with E-state index >= 15 is 0 Å². The molecule has 4 nitrogen and oxygen atoms in total. The maximum atomic E-state index is 13.9. The monoisotopic (exact) mass is 426 g/mol. The van der Waals surface area contributed by atoms with Gasteiger partial charge in [-0.15, -0.1) is 0 Å². The second kappa shape index (κ2) is 8.86. The molecule has 2 aromatic rings. The lowest BCUT2D eigenvalue weighted by Crippen LogP contribution is -2.37. The average molecular weight is 426 g/mol. The van der Waals surface area contributed by atoms with Crippen LogP contribution in [0.5, 0.6) is 0 Å². The Hall–Kier alpha value is -2.55. The third-order valence-corrected chi connectivity index (χ3v) is 5.25. The van der Waals surface area contributed by atoms with E-state index in [4.69, 9.17) is 0 Å². The summed E-state index contributed by atoms with van der Waals surface area (Å²) >= 11 is -0.237. The molecule has 0 radical (unpaired) electrons. The predicted molar refractivity (Wildman–Crippen MR) is 101 cm³/mol. The number of amides is 2. The van der Waals surface area contributed by atoms with Crippen molar-refractivity contribution in [3.8, 4) is 0 Å². The number of rotatable bonds is 3. The zero-order valence-electron chi connectivity index (χ0n) is 15.3. The van der Waals surface area contributed by atoms with Crippen molar-refractivity contribution in [2.45, 2.75) is 16.8 Å². The molecule has 2 amide bonds. The average Bonchev–Trinajstić information content (AvgIpc) is 2.93. The Morgan fingerprint density at radius 2 is 1.41 bits per heavy atom. The molecule has 9 heteroatoms. The van der Waals surface area contributed by atoms with E-state index in [-0.39, 0.29) is 46.8 Å². The molecule has 1 saturated heterocycles. The Morgan fingerprint density at radius 1 is 0.828 bits per heavy atom. The number of halogens is 4.